The van der Waals surface area contributed by atoms with Crippen LogP contribution in [0.25, 0.3) is 0 Å². The van der Waals surface area contributed by atoms with Crippen LogP contribution in [0.1, 0.15) is 17.2 Å². The number of aryl methyl sites for hydroxylation is 1. The molecule has 0 aliphatic heterocycles. The molecule has 2 rings (SSSR count). The highest BCUT2D eigenvalue weighted by atomic mass is 16.5. The topological polar surface area (TPSA) is 83.2 Å². The van der Waals surface area contributed by atoms with Gasteiger partial charge >= 0.3 is 0 Å². The van der Waals surface area contributed by atoms with E-state index in [1.807, 2.05) is 19.1 Å². The third-order valence-corrected chi connectivity index (χ3v) is 3.66. The van der Waals surface area contributed by atoms with Gasteiger partial charge in [-0.1, -0.05) is 6.07 Å². The SMILES string of the molecule is COc1ccc(C(O)COc2ccc(C)cc2N)c(OC)c1OC. The molecule has 0 heterocycles. The zero-order valence-corrected chi connectivity index (χ0v) is 14.3. The van der Waals surface area contributed by atoms with Crippen molar-refractivity contribution < 1.29 is 24.1 Å². The number of nitrogen functional groups attached to an aromatic ring is 1. The lowest BCUT2D eigenvalue weighted by atomic mass is 10.1. The Morgan fingerprint density at radius 1 is 0.958 bits per heavy atom. The van der Waals surface area contributed by atoms with Crippen LogP contribution in [0.3, 0.4) is 0 Å². The number of methoxy groups -OCH3 is 3. The molecule has 24 heavy (non-hydrogen) atoms. The number of aliphatic hydroxyl groups excluding tert-OH is 1. The fraction of sp³-hybridized carbons (Fsp3) is 0.333. The van der Waals surface area contributed by atoms with Gasteiger partial charge in [0.25, 0.3) is 0 Å². The Kier molecular flexibility index (Phi) is 5.76. The van der Waals surface area contributed by atoms with E-state index in [-0.39, 0.29) is 6.61 Å². The molecule has 0 fully saturated rings. The van der Waals surface area contributed by atoms with Crippen molar-refractivity contribution in [2.75, 3.05) is 33.7 Å². The van der Waals surface area contributed by atoms with Gasteiger partial charge in [-0.25, -0.2) is 0 Å². The van der Waals surface area contributed by atoms with E-state index in [4.69, 9.17) is 24.7 Å². The van der Waals surface area contributed by atoms with Crippen molar-refractivity contribution in [1.29, 1.82) is 0 Å². The maximum absolute atomic E-state index is 10.5. The summed E-state index contributed by atoms with van der Waals surface area (Å²) in [6, 6.07) is 8.92. The van der Waals surface area contributed by atoms with Crippen LogP contribution < -0.4 is 24.7 Å². The van der Waals surface area contributed by atoms with Gasteiger partial charge < -0.3 is 29.8 Å². The van der Waals surface area contributed by atoms with Crippen LogP contribution in [0.5, 0.6) is 23.0 Å². The van der Waals surface area contributed by atoms with Gasteiger partial charge in [0.15, 0.2) is 11.5 Å². The number of hydrogen-bond donors (Lipinski definition) is 2. The van der Waals surface area contributed by atoms with Crippen molar-refractivity contribution in [2.45, 2.75) is 13.0 Å². The highest BCUT2D eigenvalue weighted by Gasteiger charge is 2.21. The molecule has 0 amide bonds. The largest absolute Gasteiger partial charge is 0.493 e. The summed E-state index contributed by atoms with van der Waals surface area (Å²) in [6.45, 7) is 1.97. The average Bonchev–Trinajstić information content (AvgIpc) is 2.59. The third-order valence-electron chi connectivity index (χ3n) is 3.66. The molecular weight excluding hydrogens is 310 g/mol. The first-order valence-electron chi connectivity index (χ1n) is 7.47. The van der Waals surface area contributed by atoms with Crippen LogP contribution in [0.4, 0.5) is 5.69 Å². The molecule has 0 bridgehead atoms. The van der Waals surface area contributed by atoms with Crippen molar-refractivity contribution in [3.63, 3.8) is 0 Å². The summed E-state index contributed by atoms with van der Waals surface area (Å²) < 4.78 is 21.6. The van der Waals surface area contributed by atoms with Crippen molar-refractivity contribution in [2.24, 2.45) is 0 Å². The fourth-order valence-corrected chi connectivity index (χ4v) is 2.44. The highest BCUT2D eigenvalue weighted by molar-refractivity contribution is 5.57. The highest BCUT2D eigenvalue weighted by Crippen LogP contribution is 2.42. The van der Waals surface area contributed by atoms with Crippen molar-refractivity contribution in [1.82, 2.24) is 0 Å². The molecular formula is C18H23NO5. The monoisotopic (exact) mass is 333 g/mol. The molecule has 3 N–H and O–H groups in total. The van der Waals surface area contributed by atoms with Crippen LogP contribution >= 0.6 is 0 Å². The summed E-state index contributed by atoms with van der Waals surface area (Å²) in [5.74, 6) is 1.88. The van der Waals surface area contributed by atoms with E-state index in [1.165, 1.54) is 21.3 Å². The first-order chi connectivity index (χ1) is 11.5. The van der Waals surface area contributed by atoms with Gasteiger partial charge in [-0.3, -0.25) is 0 Å². The van der Waals surface area contributed by atoms with Crippen molar-refractivity contribution in [3.8, 4) is 23.0 Å². The quantitative estimate of drug-likeness (QED) is 0.758. The minimum atomic E-state index is -0.916. The number of hydrogen-bond acceptors (Lipinski definition) is 6. The van der Waals surface area contributed by atoms with E-state index in [1.54, 1.807) is 18.2 Å². The molecule has 0 radical (unpaired) electrons. The first kappa shape index (κ1) is 17.7. The first-order valence-corrected chi connectivity index (χ1v) is 7.47. The van der Waals surface area contributed by atoms with Gasteiger partial charge in [-0.05, 0) is 36.8 Å². The number of benzene rings is 2. The zero-order chi connectivity index (χ0) is 17.7. The lowest BCUT2D eigenvalue weighted by Crippen LogP contribution is -2.12. The van der Waals surface area contributed by atoms with E-state index < -0.39 is 6.10 Å². The minimum Gasteiger partial charge on any atom is -0.493 e. The van der Waals surface area contributed by atoms with Crippen LogP contribution in [0.15, 0.2) is 30.3 Å². The molecule has 0 aliphatic rings. The second-order valence-corrected chi connectivity index (χ2v) is 5.29. The standard InChI is InChI=1S/C18H23NO5/c1-11-5-7-15(13(19)9-11)24-10-14(20)12-6-8-16(21-2)18(23-4)17(12)22-3/h5-9,14,20H,10,19H2,1-4H3. The maximum atomic E-state index is 10.5. The number of rotatable bonds is 7. The summed E-state index contributed by atoms with van der Waals surface area (Å²) in [4.78, 5) is 0. The number of aliphatic hydroxyl groups is 1. The fourth-order valence-electron chi connectivity index (χ4n) is 2.44. The van der Waals surface area contributed by atoms with Gasteiger partial charge in [0.05, 0.1) is 27.0 Å². The molecule has 2 aromatic carbocycles. The number of ether oxygens (including phenoxy) is 4. The van der Waals surface area contributed by atoms with Gasteiger partial charge in [-0.15, -0.1) is 0 Å². The van der Waals surface area contributed by atoms with E-state index in [0.29, 0.717) is 34.2 Å². The Morgan fingerprint density at radius 2 is 1.62 bits per heavy atom. The molecule has 0 aliphatic carbocycles. The molecule has 2 aromatic rings. The lowest BCUT2D eigenvalue weighted by molar-refractivity contribution is 0.105. The summed E-state index contributed by atoms with van der Waals surface area (Å²) in [6.07, 6.45) is -0.916. The molecule has 1 unspecified atom stereocenters. The van der Waals surface area contributed by atoms with E-state index >= 15 is 0 Å². The van der Waals surface area contributed by atoms with Crippen LogP contribution in [0.2, 0.25) is 0 Å². The lowest BCUT2D eigenvalue weighted by Gasteiger charge is -2.19. The van der Waals surface area contributed by atoms with Gasteiger partial charge in [0, 0.05) is 5.56 Å². The normalized spacial score (nSPS) is 11.7. The summed E-state index contributed by atoms with van der Waals surface area (Å²) >= 11 is 0. The second-order valence-electron chi connectivity index (χ2n) is 5.29. The van der Waals surface area contributed by atoms with Gasteiger partial charge in [0.1, 0.15) is 18.5 Å². The van der Waals surface area contributed by atoms with E-state index in [2.05, 4.69) is 0 Å². The molecule has 1 atom stereocenters. The Hall–Kier alpha value is -2.60. The van der Waals surface area contributed by atoms with Crippen LogP contribution in [0, 0.1) is 6.92 Å². The summed E-state index contributed by atoms with van der Waals surface area (Å²) in [5.41, 5.74) is 8.03. The average molecular weight is 333 g/mol. The Morgan fingerprint density at radius 3 is 2.21 bits per heavy atom. The molecule has 0 spiro atoms. The van der Waals surface area contributed by atoms with Crippen molar-refractivity contribution in [3.05, 3.63) is 41.5 Å². The predicted octanol–water partition coefficient (Wildman–Crippen LogP) is 2.72. The molecule has 130 valence electrons. The Bertz CT molecular complexity index is 702. The van der Waals surface area contributed by atoms with E-state index in [0.717, 1.165) is 5.56 Å². The smallest absolute Gasteiger partial charge is 0.203 e. The minimum absolute atomic E-state index is 0.0269. The molecule has 0 aromatic heterocycles. The predicted molar refractivity (Wildman–Crippen MR) is 92.1 cm³/mol. The summed E-state index contributed by atoms with van der Waals surface area (Å²) in [5, 5.41) is 10.5. The Balaban J connectivity index is 2.21. The molecule has 0 saturated heterocycles. The van der Waals surface area contributed by atoms with E-state index in [9.17, 15) is 5.11 Å². The maximum Gasteiger partial charge on any atom is 0.203 e. The van der Waals surface area contributed by atoms with Crippen LogP contribution in [-0.4, -0.2) is 33.0 Å². The molecule has 0 saturated carbocycles. The Labute approximate surface area is 141 Å². The third kappa shape index (κ3) is 3.65. The zero-order valence-electron chi connectivity index (χ0n) is 14.3. The second kappa shape index (κ2) is 7.79. The number of anilines is 1. The number of nitrogens with two attached hydrogens (primary N) is 1. The van der Waals surface area contributed by atoms with Crippen LogP contribution in [-0.2, 0) is 0 Å². The molecule has 6 heteroatoms. The summed E-state index contributed by atoms with van der Waals surface area (Å²) in [7, 11) is 4.56. The van der Waals surface area contributed by atoms with Gasteiger partial charge in [0.2, 0.25) is 5.75 Å². The molecule has 6 nitrogen and oxygen atoms in total. The van der Waals surface area contributed by atoms with Gasteiger partial charge in [-0.2, -0.15) is 0 Å². The van der Waals surface area contributed by atoms with Crippen molar-refractivity contribution >= 4 is 5.69 Å².